The van der Waals surface area contributed by atoms with Crippen LogP contribution in [0, 0.1) is 17.8 Å². The molecule has 3 saturated heterocycles. The number of nitrogens with zero attached hydrogens (tertiary/aromatic N) is 4. The summed E-state index contributed by atoms with van der Waals surface area (Å²) in [6.45, 7) is 9.93. The van der Waals surface area contributed by atoms with Crippen molar-refractivity contribution >= 4 is 17.5 Å². The molecule has 240 valence electrons. The van der Waals surface area contributed by atoms with E-state index in [1.807, 2.05) is 49.3 Å². The van der Waals surface area contributed by atoms with Crippen LogP contribution in [0.5, 0.6) is 5.75 Å². The van der Waals surface area contributed by atoms with Crippen molar-refractivity contribution in [2.45, 2.75) is 57.7 Å². The third kappa shape index (κ3) is 6.84. The second-order valence-corrected chi connectivity index (χ2v) is 13.8. The number of carbonyl (C=O) groups is 2. The number of halogens is 1. The van der Waals surface area contributed by atoms with E-state index in [0.29, 0.717) is 36.7 Å². The first kappa shape index (κ1) is 31.4. The number of benzene rings is 2. The summed E-state index contributed by atoms with van der Waals surface area (Å²) in [5.41, 5.74) is 3.44. The molecule has 1 saturated carbocycles. The quantitative estimate of drug-likeness (QED) is 0.354. The molecule has 4 aliphatic rings. The number of piperidine rings is 1. The van der Waals surface area contributed by atoms with Gasteiger partial charge in [-0.15, -0.1) is 0 Å². The second kappa shape index (κ2) is 13.0. The van der Waals surface area contributed by atoms with Gasteiger partial charge in [0, 0.05) is 74.1 Å². The average Bonchev–Trinajstić information content (AvgIpc) is 3.37. The van der Waals surface area contributed by atoms with E-state index in [4.69, 9.17) is 4.74 Å². The predicted octanol–water partition coefficient (Wildman–Crippen LogP) is 0.297. The summed E-state index contributed by atoms with van der Waals surface area (Å²) in [7, 11) is 0. The highest BCUT2D eigenvalue weighted by Crippen LogP contribution is 2.34. The van der Waals surface area contributed by atoms with Gasteiger partial charge in [0.1, 0.15) is 5.75 Å². The maximum atomic E-state index is 14.0. The summed E-state index contributed by atoms with van der Waals surface area (Å²) < 4.78 is 6.37. The number of ether oxygens (including phenoxy) is 1. The molecule has 7 rings (SSSR count). The van der Waals surface area contributed by atoms with Crippen molar-refractivity contribution in [1.82, 2.24) is 20.0 Å². The number of hydrogen-bond donors (Lipinski definition) is 2. The Balaban J connectivity index is 0.00000357. The molecule has 4 heterocycles. The first-order valence-corrected chi connectivity index (χ1v) is 16.4. The minimum Gasteiger partial charge on any atom is -1.00 e. The third-order valence-electron chi connectivity index (χ3n) is 10.1. The van der Waals surface area contributed by atoms with Gasteiger partial charge in [-0.3, -0.25) is 14.7 Å². The van der Waals surface area contributed by atoms with Crippen LogP contribution in [0.1, 0.15) is 45.1 Å². The SMILES string of the molecule is CC(C)(Oc1cccc(N2CCC[C@@H](C(=O)N(Cc3ccc(-c4cn[nH]c4)cc3)C3CC3)C2)c1)C(=O)N1C[C@H]2C[NH2+]C[C@H]2C1.[Cl-]. The molecule has 9 nitrogen and oxygen atoms in total. The van der Waals surface area contributed by atoms with Crippen molar-refractivity contribution in [1.29, 1.82) is 0 Å². The first-order valence-electron chi connectivity index (χ1n) is 16.4. The standard InChI is InChI=1S/C35H44N6O3.ClH/c1-35(2,34(43)40-22-28-16-36-17-29(28)23-40)44-32-7-3-6-31(15-32)39-14-4-5-26(21-39)33(42)41(30-12-13-30)20-24-8-10-25(11-9-24)27-18-37-38-19-27;/h3,6-11,15,18-19,26,28-30,36H,4-5,12-14,16-17,20-23H2,1-2H3,(H,37,38);1H/t26-,28-,29+;/m1./s1. The van der Waals surface area contributed by atoms with Crippen molar-refractivity contribution in [2.24, 2.45) is 17.8 Å². The van der Waals surface area contributed by atoms with Gasteiger partial charge >= 0.3 is 0 Å². The second-order valence-electron chi connectivity index (χ2n) is 13.8. The smallest absolute Gasteiger partial charge is 0.266 e. The van der Waals surface area contributed by atoms with Crippen LogP contribution in [-0.4, -0.2) is 82.7 Å². The Morgan fingerprint density at radius 3 is 2.47 bits per heavy atom. The number of carbonyl (C=O) groups excluding carboxylic acids is 2. The van der Waals surface area contributed by atoms with Crippen LogP contribution in [0.2, 0.25) is 0 Å². The van der Waals surface area contributed by atoms with Gasteiger partial charge < -0.3 is 37.2 Å². The number of hydrogen-bond acceptors (Lipinski definition) is 5. The van der Waals surface area contributed by atoms with Gasteiger partial charge in [-0.1, -0.05) is 30.3 Å². The molecule has 3 aliphatic heterocycles. The number of likely N-dealkylation sites (tertiary alicyclic amines) is 1. The minimum atomic E-state index is -0.942. The van der Waals surface area contributed by atoms with E-state index in [0.717, 1.165) is 80.8 Å². The number of aromatic nitrogens is 2. The van der Waals surface area contributed by atoms with E-state index in [1.54, 1.807) is 0 Å². The van der Waals surface area contributed by atoms with E-state index in [9.17, 15) is 9.59 Å². The minimum absolute atomic E-state index is 0. The van der Waals surface area contributed by atoms with Crippen LogP contribution in [0.3, 0.4) is 0 Å². The van der Waals surface area contributed by atoms with Gasteiger partial charge in [0.25, 0.3) is 5.91 Å². The normalized spacial score (nSPS) is 22.9. The van der Waals surface area contributed by atoms with Crippen molar-refractivity contribution < 1.29 is 32.0 Å². The van der Waals surface area contributed by atoms with Crippen LogP contribution in [-0.2, 0) is 16.1 Å². The molecular weight excluding hydrogens is 588 g/mol. The van der Waals surface area contributed by atoms with Crippen LogP contribution in [0.25, 0.3) is 11.1 Å². The van der Waals surface area contributed by atoms with E-state index < -0.39 is 5.60 Å². The maximum Gasteiger partial charge on any atom is 0.266 e. The van der Waals surface area contributed by atoms with E-state index in [1.165, 1.54) is 0 Å². The number of nitrogens with one attached hydrogen (secondary N) is 1. The van der Waals surface area contributed by atoms with Crippen LogP contribution in [0.4, 0.5) is 5.69 Å². The van der Waals surface area contributed by atoms with Crippen molar-refractivity contribution in [3.05, 3.63) is 66.5 Å². The molecule has 1 aromatic heterocycles. The van der Waals surface area contributed by atoms with Gasteiger partial charge in [-0.05, 0) is 62.8 Å². The van der Waals surface area contributed by atoms with Gasteiger partial charge in [0.05, 0.1) is 25.2 Å². The highest BCUT2D eigenvalue weighted by molar-refractivity contribution is 5.85. The third-order valence-corrected chi connectivity index (χ3v) is 10.1. The molecule has 0 radical (unpaired) electrons. The maximum absolute atomic E-state index is 14.0. The van der Waals surface area contributed by atoms with Gasteiger partial charge in [-0.25, -0.2) is 0 Å². The van der Waals surface area contributed by atoms with E-state index in [-0.39, 0.29) is 30.1 Å². The summed E-state index contributed by atoms with van der Waals surface area (Å²) in [4.78, 5) is 33.9. The lowest BCUT2D eigenvalue weighted by atomic mass is 9.95. The molecule has 3 N–H and O–H groups in total. The number of amides is 2. The Hall–Kier alpha value is -3.56. The fourth-order valence-corrected chi connectivity index (χ4v) is 7.45. The molecule has 45 heavy (non-hydrogen) atoms. The summed E-state index contributed by atoms with van der Waals surface area (Å²) in [6.07, 6.45) is 7.76. The van der Waals surface area contributed by atoms with E-state index >= 15 is 0 Å². The highest BCUT2D eigenvalue weighted by atomic mass is 35.5. The molecule has 0 bridgehead atoms. The Morgan fingerprint density at radius 1 is 1.02 bits per heavy atom. The number of anilines is 1. The zero-order valence-corrected chi connectivity index (χ0v) is 27.1. The average molecular weight is 633 g/mol. The van der Waals surface area contributed by atoms with Crippen LogP contribution >= 0.6 is 0 Å². The molecule has 4 fully saturated rings. The zero-order chi connectivity index (χ0) is 30.3. The van der Waals surface area contributed by atoms with Gasteiger partial charge in [-0.2, -0.15) is 5.10 Å². The number of nitrogens with two attached hydrogens (primary N) is 1. The molecule has 3 atom stereocenters. The van der Waals surface area contributed by atoms with Crippen molar-refractivity contribution in [3.8, 4) is 16.9 Å². The van der Waals surface area contributed by atoms with E-state index in [2.05, 4.69) is 55.6 Å². The number of rotatable bonds is 9. The first-order chi connectivity index (χ1) is 21.3. The Bertz CT molecular complexity index is 1460. The fourth-order valence-electron chi connectivity index (χ4n) is 7.45. The lowest BCUT2D eigenvalue weighted by Gasteiger charge is -2.37. The molecule has 3 aromatic rings. The van der Waals surface area contributed by atoms with Crippen molar-refractivity contribution in [3.63, 3.8) is 0 Å². The summed E-state index contributed by atoms with van der Waals surface area (Å²) in [5, 5.41) is 9.29. The summed E-state index contributed by atoms with van der Waals surface area (Å²) in [6, 6.07) is 16.9. The number of aromatic amines is 1. The lowest BCUT2D eigenvalue weighted by Crippen LogP contribution is -3.00. The van der Waals surface area contributed by atoms with Gasteiger partial charge in [0.15, 0.2) is 5.60 Å². The molecule has 2 amide bonds. The zero-order valence-electron chi connectivity index (χ0n) is 26.3. The highest BCUT2D eigenvalue weighted by Gasteiger charge is 2.45. The largest absolute Gasteiger partial charge is 1.00 e. The topological polar surface area (TPSA) is 98.4 Å². The Kier molecular flexibility index (Phi) is 9.11. The molecule has 10 heteroatoms. The molecule has 0 spiro atoms. The summed E-state index contributed by atoms with van der Waals surface area (Å²) >= 11 is 0. The molecular formula is C35H45ClN6O3. The summed E-state index contributed by atoms with van der Waals surface area (Å²) in [5.74, 6) is 2.21. The van der Waals surface area contributed by atoms with Gasteiger partial charge in [0.2, 0.25) is 5.91 Å². The number of quaternary nitrogens is 1. The molecule has 0 unspecified atom stereocenters. The Labute approximate surface area is 272 Å². The van der Waals surface area contributed by atoms with Crippen molar-refractivity contribution in [2.75, 3.05) is 44.2 Å². The van der Waals surface area contributed by atoms with Crippen LogP contribution in [0.15, 0.2) is 60.9 Å². The number of H-pyrrole nitrogens is 1. The monoisotopic (exact) mass is 632 g/mol. The predicted molar refractivity (Wildman–Crippen MR) is 169 cm³/mol. The fraction of sp³-hybridized carbons (Fsp3) is 0.514. The Morgan fingerprint density at radius 2 is 1.78 bits per heavy atom. The van der Waals surface area contributed by atoms with Crippen LogP contribution < -0.4 is 27.4 Å². The lowest BCUT2D eigenvalue weighted by molar-refractivity contribution is -0.640. The molecule has 1 aliphatic carbocycles. The number of fused-ring (bicyclic) bond motifs is 1. The molecule has 2 aromatic carbocycles.